The third kappa shape index (κ3) is 9.67. The summed E-state index contributed by atoms with van der Waals surface area (Å²) in [5.41, 5.74) is 2.41. The van der Waals surface area contributed by atoms with E-state index in [0.29, 0.717) is 45.7 Å². The highest BCUT2D eigenvalue weighted by molar-refractivity contribution is 6.33. The number of benzene rings is 2. The van der Waals surface area contributed by atoms with Gasteiger partial charge in [0.05, 0.1) is 30.0 Å². The molecule has 0 bridgehead atoms. The molecular weight excluding hydrogens is 871 g/mol. The number of halogens is 2. The fourth-order valence-corrected chi connectivity index (χ4v) is 9.68. The van der Waals surface area contributed by atoms with Gasteiger partial charge in [0, 0.05) is 93.6 Å². The fraction of sp³-hybridized carbons (Fsp3) is 0.511. The van der Waals surface area contributed by atoms with Crippen molar-refractivity contribution in [1.29, 1.82) is 0 Å². The number of piperazine rings is 1. The SMILES string of the molecule is CC1CN(c2ccc3c(c2F)CN(C2CCC(=O)NC2=O)C3=O)CCN1C1CCC1.CNC(=O)COc1cc2cc(Nc3nc(N4CCC(OC)CC4)ncc3Cl)ccc2n(C(C)C)c1=O. The lowest BCUT2D eigenvalue weighted by atomic mass is 9.89. The van der Waals surface area contributed by atoms with Crippen molar-refractivity contribution in [1.82, 2.24) is 35.0 Å². The summed E-state index contributed by atoms with van der Waals surface area (Å²) >= 11 is 6.42. The first kappa shape index (κ1) is 46.7. The molecule has 4 fully saturated rings. The van der Waals surface area contributed by atoms with E-state index >= 15 is 4.39 Å². The van der Waals surface area contributed by atoms with Crippen molar-refractivity contribution >= 4 is 69.3 Å². The second kappa shape index (κ2) is 19.9. The van der Waals surface area contributed by atoms with Gasteiger partial charge >= 0.3 is 0 Å². The summed E-state index contributed by atoms with van der Waals surface area (Å²) in [4.78, 5) is 78.4. The molecule has 3 N–H and O–H groups in total. The van der Waals surface area contributed by atoms with Crippen molar-refractivity contribution in [2.24, 2.45) is 0 Å². The first-order valence-corrected chi connectivity index (χ1v) is 23.2. The lowest BCUT2D eigenvalue weighted by molar-refractivity contribution is -0.137. The first-order valence-electron chi connectivity index (χ1n) is 22.8. The second-order valence-electron chi connectivity index (χ2n) is 17.9. The molecule has 2 atom stereocenters. The lowest BCUT2D eigenvalue weighted by Crippen LogP contribution is -2.57. The molecule has 3 saturated heterocycles. The van der Waals surface area contributed by atoms with E-state index < -0.39 is 11.9 Å². The van der Waals surface area contributed by atoms with E-state index in [1.54, 1.807) is 36.1 Å². The zero-order chi connectivity index (χ0) is 46.8. The molecule has 6 heterocycles. The Morgan fingerprint density at radius 2 is 1.77 bits per heavy atom. The monoisotopic (exact) mass is 928 g/mol. The van der Waals surface area contributed by atoms with E-state index in [2.05, 4.69) is 47.5 Å². The highest BCUT2D eigenvalue weighted by atomic mass is 35.5. The fourth-order valence-electron chi connectivity index (χ4n) is 9.54. The number of methoxy groups -OCH3 is 1. The number of carbonyl (C=O) groups excluding carboxylic acids is 4. The number of anilines is 4. The number of rotatable bonds is 11. The summed E-state index contributed by atoms with van der Waals surface area (Å²) in [6, 6.07) is 10.9. The molecule has 0 spiro atoms. The average molecular weight is 929 g/mol. The Hall–Kier alpha value is -5.85. The minimum absolute atomic E-state index is 0.0672. The van der Waals surface area contributed by atoms with E-state index in [0.717, 1.165) is 62.2 Å². The molecule has 2 aromatic carbocycles. The van der Waals surface area contributed by atoms with Gasteiger partial charge < -0.3 is 39.4 Å². The van der Waals surface area contributed by atoms with Crippen LogP contribution in [-0.4, -0.2) is 126 Å². The number of hydrogen-bond acceptors (Lipinski definition) is 13. The summed E-state index contributed by atoms with van der Waals surface area (Å²) in [5, 5.41) is 9.21. The van der Waals surface area contributed by atoms with Crippen molar-refractivity contribution < 1.29 is 33.0 Å². The van der Waals surface area contributed by atoms with Gasteiger partial charge in [0.2, 0.25) is 17.8 Å². The van der Waals surface area contributed by atoms with Crippen LogP contribution in [0.1, 0.15) is 87.7 Å². The van der Waals surface area contributed by atoms with Gasteiger partial charge in [0.15, 0.2) is 24.0 Å². The van der Waals surface area contributed by atoms with E-state index in [4.69, 9.17) is 21.1 Å². The van der Waals surface area contributed by atoms with Crippen LogP contribution in [0, 0.1) is 5.82 Å². The molecule has 2 unspecified atom stereocenters. The van der Waals surface area contributed by atoms with Crippen molar-refractivity contribution in [3.05, 3.63) is 74.9 Å². The molecule has 19 heteroatoms. The Labute approximate surface area is 387 Å². The van der Waals surface area contributed by atoms with Crippen LogP contribution in [-0.2, 0) is 25.7 Å². The van der Waals surface area contributed by atoms with Crippen LogP contribution in [0.15, 0.2) is 47.4 Å². The molecule has 4 amide bonds. The normalized spacial score (nSPS) is 20.5. The standard InChI is InChI=1S/C25H31ClN6O4.C22H27FN4O3/c1-15(2)32-20-6-5-17(11-16(20)12-21(24(32)34)36-14-22(33)27-3)29-23-19(26)13-28-25(30-23)31-9-7-18(35-4)8-10-31;1-13-11-25(9-10-26(13)14-3-2-4-14)17-6-5-15-16(20(17)23)12-27(22(15)30)18-7-8-19(28)24-21(18)29/h5-6,11-13,15,18H,7-10,14H2,1-4H3,(H,27,33)(H,28,29,30);5-6,13-14,18H,2-4,7-12H2,1H3,(H,24,28,29). The number of imide groups is 1. The summed E-state index contributed by atoms with van der Waals surface area (Å²) < 4.78 is 28.1. The molecule has 4 aliphatic heterocycles. The van der Waals surface area contributed by atoms with Gasteiger partial charge in [-0.05, 0) is 89.3 Å². The number of aromatic nitrogens is 3. The Balaban J connectivity index is 0.000000182. The second-order valence-corrected chi connectivity index (χ2v) is 18.3. The number of nitrogens with one attached hydrogen (secondary N) is 3. The van der Waals surface area contributed by atoms with Crippen molar-refractivity contribution in [3.8, 4) is 5.75 Å². The van der Waals surface area contributed by atoms with Gasteiger partial charge in [-0.25, -0.2) is 9.37 Å². The predicted octanol–water partition coefficient (Wildman–Crippen LogP) is 5.16. The van der Waals surface area contributed by atoms with Crippen molar-refractivity contribution in [3.63, 3.8) is 0 Å². The minimum Gasteiger partial charge on any atom is -0.478 e. The number of carbonyl (C=O) groups is 4. The Bertz CT molecular complexity index is 2560. The van der Waals surface area contributed by atoms with E-state index in [9.17, 15) is 24.0 Å². The number of ether oxygens (including phenoxy) is 2. The number of fused-ring (bicyclic) bond motifs is 2. The van der Waals surface area contributed by atoms with Crippen LogP contribution >= 0.6 is 11.6 Å². The van der Waals surface area contributed by atoms with Crippen LogP contribution in [0.4, 0.5) is 27.5 Å². The summed E-state index contributed by atoms with van der Waals surface area (Å²) in [6.07, 6.45) is 7.97. The van der Waals surface area contributed by atoms with Gasteiger partial charge in [-0.2, -0.15) is 4.98 Å². The largest absolute Gasteiger partial charge is 0.478 e. The van der Waals surface area contributed by atoms with Gasteiger partial charge in [-0.3, -0.25) is 34.2 Å². The van der Waals surface area contributed by atoms with E-state index in [-0.39, 0.29) is 73.0 Å². The smallest absolute Gasteiger partial charge is 0.293 e. The highest BCUT2D eigenvalue weighted by Gasteiger charge is 2.41. The summed E-state index contributed by atoms with van der Waals surface area (Å²) in [5.74, 6) is -0.620. The number of piperidine rings is 2. The zero-order valence-electron chi connectivity index (χ0n) is 38.1. The Morgan fingerprint density at radius 3 is 2.44 bits per heavy atom. The van der Waals surface area contributed by atoms with Gasteiger partial charge in [0.1, 0.15) is 11.1 Å². The number of amides is 4. The maximum Gasteiger partial charge on any atom is 0.293 e. The average Bonchev–Trinajstić information content (AvgIpc) is 3.62. The molecule has 1 saturated carbocycles. The maximum absolute atomic E-state index is 15.5. The summed E-state index contributed by atoms with van der Waals surface area (Å²) in [7, 11) is 3.25. The van der Waals surface area contributed by atoms with Crippen LogP contribution < -0.4 is 36.0 Å². The van der Waals surface area contributed by atoms with Crippen LogP contribution in [0.2, 0.25) is 5.02 Å². The van der Waals surface area contributed by atoms with Crippen molar-refractivity contribution in [2.75, 3.05) is 68.6 Å². The lowest BCUT2D eigenvalue weighted by Gasteiger charge is -2.47. The van der Waals surface area contributed by atoms with Gasteiger partial charge in [-0.15, -0.1) is 0 Å². The number of pyridine rings is 1. The molecule has 5 aliphatic rings. The molecule has 9 rings (SSSR count). The number of nitrogens with zero attached hydrogens (tertiary/aromatic N) is 7. The highest BCUT2D eigenvalue weighted by Crippen LogP contribution is 2.36. The molecule has 4 aromatic rings. The van der Waals surface area contributed by atoms with Crippen molar-refractivity contribution in [2.45, 2.75) is 103 Å². The first-order chi connectivity index (χ1) is 31.7. The molecule has 17 nitrogen and oxygen atoms in total. The number of hydrogen-bond donors (Lipinski definition) is 3. The third-order valence-electron chi connectivity index (χ3n) is 13.4. The maximum atomic E-state index is 15.5. The van der Waals surface area contributed by atoms with E-state index in [1.807, 2.05) is 32.0 Å². The summed E-state index contributed by atoms with van der Waals surface area (Å²) in [6.45, 7) is 9.93. The van der Waals surface area contributed by atoms with Gasteiger partial charge in [-0.1, -0.05) is 18.0 Å². The Kier molecular flexibility index (Phi) is 14.1. The minimum atomic E-state index is -0.725. The molecule has 352 valence electrons. The quantitative estimate of drug-likeness (QED) is 0.168. The number of likely N-dealkylation sites (N-methyl/N-ethyl adjacent to an activating group) is 1. The molecule has 2 aromatic heterocycles. The molecule has 0 radical (unpaired) electrons. The predicted molar refractivity (Wildman–Crippen MR) is 249 cm³/mol. The molecule has 1 aliphatic carbocycles. The zero-order valence-corrected chi connectivity index (χ0v) is 38.8. The van der Waals surface area contributed by atoms with Crippen LogP contribution in [0.25, 0.3) is 10.9 Å². The third-order valence-corrected chi connectivity index (χ3v) is 13.7. The van der Waals surface area contributed by atoms with E-state index in [1.165, 1.54) is 31.2 Å². The van der Waals surface area contributed by atoms with Gasteiger partial charge in [0.25, 0.3) is 17.4 Å². The topological polar surface area (TPSA) is 184 Å². The Morgan fingerprint density at radius 1 is 1.00 bits per heavy atom. The molecular formula is C47H58ClFN10O7. The molecule has 66 heavy (non-hydrogen) atoms. The van der Waals surface area contributed by atoms with Crippen LogP contribution in [0.5, 0.6) is 5.75 Å². The van der Waals surface area contributed by atoms with Crippen LogP contribution in [0.3, 0.4) is 0 Å².